The van der Waals surface area contributed by atoms with E-state index in [1.54, 1.807) is 11.8 Å². The maximum atomic E-state index is 9.29. The van der Waals surface area contributed by atoms with E-state index in [-0.39, 0.29) is 12.1 Å². The van der Waals surface area contributed by atoms with E-state index in [2.05, 4.69) is 10.3 Å². The van der Waals surface area contributed by atoms with Crippen LogP contribution >= 0.6 is 11.8 Å². The van der Waals surface area contributed by atoms with Crippen LogP contribution in [0.1, 0.15) is 13.3 Å². The summed E-state index contributed by atoms with van der Waals surface area (Å²) in [6.45, 7) is 2.12. The Morgan fingerprint density at radius 1 is 1.44 bits per heavy atom. The first-order chi connectivity index (χ1) is 8.67. The minimum atomic E-state index is -0.237. The molecule has 2 rings (SSSR count). The summed E-state index contributed by atoms with van der Waals surface area (Å²) in [5.41, 5.74) is 1.47. The van der Waals surface area contributed by atoms with E-state index >= 15 is 0 Å². The number of oxazole rings is 1. The van der Waals surface area contributed by atoms with Crippen molar-refractivity contribution in [2.75, 3.05) is 19.4 Å². The molecule has 0 saturated carbocycles. The topological polar surface area (TPSA) is 58.3 Å². The maximum Gasteiger partial charge on any atom is 0.256 e. The maximum absolute atomic E-state index is 9.29. The van der Waals surface area contributed by atoms with Crippen molar-refractivity contribution in [3.63, 3.8) is 0 Å². The van der Waals surface area contributed by atoms with Gasteiger partial charge >= 0.3 is 0 Å². The number of aromatic nitrogens is 1. The molecule has 1 aromatic heterocycles. The van der Waals surface area contributed by atoms with Crippen LogP contribution in [0.25, 0.3) is 11.1 Å². The largest absolute Gasteiger partial charge is 0.431 e. The van der Waals surface area contributed by atoms with Crippen LogP contribution in [0, 0.1) is 0 Å². The third-order valence-electron chi connectivity index (χ3n) is 3.11. The zero-order valence-corrected chi connectivity index (χ0v) is 11.5. The van der Waals surface area contributed by atoms with E-state index in [1.807, 2.05) is 38.2 Å². The lowest BCUT2D eigenvalue weighted by molar-refractivity contribution is 0.179. The molecule has 98 valence electrons. The number of aliphatic hydroxyl groups excluding tert-OH is 1. The Balaban J connectivity index is 1.94. The summed E-state index contributed by atoms with van der Waals surface area (Å²) >= 11 is 1.57. The molecule has 0 aliphatic heterocycles. The summed E-state index contributed by atoms with van der Waals surface area (Å²) in [7, 11) is 1.86. The molecule has 1 atom stereocenters. The first kappa shape index (κ1) is 13.4. The summed E-state index contributed by atoms with van der Waals surface area (Å²) in [5, 5.41) is 13.1. The van der Waals surface area contributed by atoms with Crippen molar-refractivity contribution in [3.8, 4) is 0 Å². The van der Waals surface area contributed by atoms with Gasteiger partial charge in [0.2, 0.25) is 0 Å². The predicted octanol–water partition coefficient (Wildman–Crippen LogP) is 2.28. The highest BCUT2D eigenvalue weighted by atomic mass is 32.2. The molecule has 1 heterocycles. The van der Waals surface area contributed by atoms with Crippen molar-refractivity contribution in [2.45, 2.75) is 24.1 Å². The number of nitrogens with one attached hydrogen (secondary N) is 1. The molecule has 0 saturated heterocycles. The quantitative estimate of drug-likeness (QED) is 0.786. The number of benzene rings is 1. The number of hydrogen-bond acceptors (Lipinski definition) is 5. The molecular weight excluding hydrogens is 248 g/mol. The third kappa shape index (κ3) is 3.04. The fourth-order valence-electron chi connectivity index (χ4n) is 1.56. The van der Waals surface area contributed by atoms with Gasteiger partial charge in [-0.05, 0) is 32.5 Å². The summed E-state index contributed by atoms with van der Waals surface area (Å²) in [6, 6.07) is 7.74. The van der Waals surface area contributed by atoms with Crippen molar-refractivity contribution < 1.29 is 9.52 Å². The Morgan fingerprint density at radius 3 is 2.89 bits per heavy atom. The van der Waals surface area contributed by atoms with Gasteiger partial charge in [-0.15, -0.1) is 0 Å². The van der Waals surface area contributed by atoms with Crippen LogP contribution in [0.4, 0.5) is 0 Å². The molecule has 0 fully saturated rings. The van der Waals surface area contributed by atoms with E-state index < -0.39 is 0 Å². The van der Waals surface area contributed by atoms with Crippen LogP contribution in [0.3, 0.4) is 0 Å². The second kappa shape index (κ2) is 5.73. The molecule has 0 spiro atoms. The van der Waals surface area contributed by atoms with Gasteiger partial charge in [-0.2, -0.15) is 0 Å². The van der Waals surface area contributed by atoms with Crippen molar-refractivity contribution in [1.29, 1.82) is 0 Å². The van der Waals surface area contributed by atoms with Gasteiger partial charge in [0.25, 0.3) is 5.22 Å². The van der Waals surface area contributed by atoms with Gasteiger partial charge in [-0.3, -0.25) is 0 Å². The van der Waals surface area contributed by atoms with Crippen molar-refractivity contribution in [3.05, 3.63) is 24.3 Å². The van der Waals surface area contributed by atoms with E-state index in [0.717, 1.165) is 23.3 Å². The second-order valence-electron chi connectivity index (χ2n) is 4.51. The number of likely N-dealkylation sites (N-methyl/N-ethyl adjacent to an activating group) is 1. The van der Waals surface area contributed by atoms with Crippen LogP contribution in [0.2, 0.25) is 0 Å². The second-order valence-corrected chi connectivity index (χ2v) is 5.56. The van der Waals surface area contributed by atoms with Crippen LogP contribution in [0.15, 0.2) is 33.9 Å². The van der Waals surface area contributed by atoms with E-state index in [1.165, 1.54) is 0 Å². The Labute approximate surface area is 111 Å². The average molecular weight is 266 g/mol. The molecule has 0 radical (unpaired) electrons. The van der Waals surface area contributed by atoms with E-state index in [9.17, 15) is 5.11 Å². The molecule has 0 amide bonds. The van der Waals surface area contributed by atoms with Crippen molar-refractivity contribution >= 4 is 22.9 Å². The normalized spacial score (nSPS) is 14.8. The third-order valence-corrected chi connectivity index (χ3v) is 3.94. The molecular formula is C13H18N2O2S. The van der Waals surface area contributed by atoms with E-state index in [4.69, 9.17) is 4.42 Å². The summed E-state index contributed by atoms with van der Waals surface area (Å²) in [5.74, 6) is 0.852. The summed E-state index contributed by atoms with van der Waals surface area (Å²) < 4.78 is 5.62. The van der Waals surface area contributed by atoms with Crippen molar-refractivity contribution in [2.24, 2.45) is 0 Å². The lowest BCUT2D eigenvalue weighted by atomic mass is 10.0. The highest BCUT2D eigenvalue weighted by Gasteiger charge is 2.20. The molecule has 2 N–H and O–H groups in total. The number of hydrogen-bond donors (Lipinski definition) is 2. The summed E-state index contributed by atoms with van der Waals surface area (Å²) in [4.78, 5) is 4.40. The van der Waals surface area contributed by atoms with Crippen LogP contribution in [0.5, 0.6) is 0 Å². The first-order valence-electron chi connectivity index (χ1n) is 5.95. The van der Waals surface area contributed by atoms with E-state index in [0.29, 0.717) is 5.22 Å². The fraction of sp³-hybridized carbons (Fsp3) is 0.462. The van der Waals surface area contributed by atoms with Gasteiger partial charge in [0.15, 0.2) is 5.58 Å². The van der Waals surface area contributed by atoms with Gasteiger partial charge in [-0.25, -0.2) is 4.98 Å². The number of aliphatic hydroxyl groups is 1. The Bertz CT molecular complexity index is 475. The fourth-order valence-corrected chi connectivity index (χ4v) is 2.60. The van der Waals surface area contributed by atoms with Gasteiger partial charge in [-0.1, -0.05) is 23.9 Å². The number of para-hydroxylation sites is 2. The first-order valence-corrected chi connectivity index (χ1v) is 6.93. The van der Waals surface area contributed by atoms with Gasteiger partial charge < -0.3 is 14.8 Å². The number of nitrogens with zero attached hydrogens (tertiary/aromatic N) is 1. The van der Waals surface area contributed by atoms with Crippen LogP contribution < -0.4 is 5.32 Å². The smallest absolute Gasteiger partial charge is 0.256 e. The molecule has 18 heavy (non-hydrogen) atoms. The number of fused-ring (bicyclic) bond motifs is 1. The lowest BCUT2D eigenvalue weighted by Crippen LogP contribution is -2.43. The molecule has 0 aliphatic carbocycles. The minimum Gasteiger partial charge on any atom is -0.431 e. The highest BCUT2D eigenvalue weighted by Crippen LogP contribution is 2.25. The minimum absolute atomic E-state index is 0.123. The molecule has 1 unspecified atom stereocenters. The molecule has 5 heteroatoms. The van der Waals surface area contributed by atoms with Gasteiger partial charge in [0, 0.05) is 11.3 Å². The molecule has 1 aromatic carbocycles. The molecule has 4 nitrogen and oxygen atoms in total. The van der Waals surface area contributed by atoms with Gasteiger partial charge in [0.1, 0.15) is 5.52 Å². The summed E-state index contributed by atoms with van der Waals surface area (Å²) in [6.07, 6.45) is 0.851. The van der Waals surface area contributed by atoms with Crippen LogP contribution in [-0.4, -0.2) is 35.0 Å². The number of rotatable bonds is 6. The zero-order chi connectivity index (χ0) is 13.0. The molecule has 0 aliphatic rings. The van der Waals surface area contributed by atoms with Crippen LogP contribution in [-0.2, 0) is 0 Å². The zero-order valence-electron chi connectivity index (χ0n) is 10.6. The Kier molecular flexibility index (Phi) is 4.27. The monoisotopic (exact) mass is 266 g/mol. The lowest BCUT2D eigenvalue weighted by Gasteiger charge is -2.26. The predicted molar refractivity (Wildman–Crippen MR) is 73.9 cm³/mol. The standard InChI is InChI=1S/C13H18N2O2S/c1-13(9-16,14-2)7-8-18-12-15-10-5-3-4-6-11(10)17-12/h3-6,14,16H,7-9H2,1-2H3. The van der Waals surface area contributed by atoms with Gasteiger partial charge in [0.05, 0.1) is 6.61 Å². The highest BCUT2D eigenvalue weighted by molar-refractivity contribution is 7.99. The molecule has 2 aromatic rings. The Hall–Kier alpha value is -1.04. The molecule has 0 bridgehead atoms. The van der Waals surface area contributed by atoms with Crippen molar-refractivity contribution in [1.82, 2.24) is 10.3 Å². The number of thioether (sulfide) groups is 1. The average Bonchev–Trinajstić information content (AvgIpc) is 2.81. The Morgan fingerprint density at radius 2 is 2.22 bits per heavy atom. The SMILES string of the molecule is CNC(C)(CO)CCSc1nc2ccccc2o1.